The average Bonchev–Trinajstić information content (AvgIpc) is 1.74. The average molecular weight is 1600 g/mol. The first-order chi connectivity index (χ1) is 59.5. The maximum Gasteiger partial charge on any atom is 0.0467 e. The maximum absolute atomic E-state index is 3.42. The van der Waals surface area contributed by atoms with E-state index in [1.165, 1.54) is 180 Å². The van der Waals surface area contributed by atoms with Gasteiger partial charge >= 0.3 is 0 Å². The van der Waals surface area contributed by atoms with Gasteiger partial charge in [-0.15, -0.1) is 0 Å². The molecule has 0 amide bonds. The van der Waals surface area contributed by atoms with Gasteiger partial charge in [-0.05, 0) is 216 Å². The molecule has 0 radical (unpaired) electrons. The minimum atomic E-state index is 1.22. The van der Waals surface area contributed by atoms with E-state index in [2.05, 4.69) is 404 Å². The van der Waals surface area contributed by atoms with Gasteiger partial charge in [0.25, 0.3) is 0 Å². The molecule has 0 fully saturated rings. The molecule has 0 atom stereocenters. The summed E-state index contributed by atoms with van der Waals surface area (Å²) in [6, 6.07) is 123. The number of para-hydroxylation sites is 2. The van der Waals surface area contributed by atoms with Crippen LogP contribution in [0.15, 0.2) is 346 Å². The quantitative estimate of drug-likeness (QED) is 0.112. The Hall–Kier alpha value is -12.1. The monoisotopic (exact) mass is 1600 g/mol. The zero-order valence-electron chi connectivity index (χ0n) is 79.4. The Labute approximate surface area is 731 Å². The van der Waals surface area contributed by atoms with Crippen molar-refractivity contribution in [2.75, 3.05) is 0 Å². The lowest BCUT2D eigenvalue weighted by molar-refractivity contribution is 1.47. The van der Waals surface area contributed by atoms with E-state index >= 15 is 0 Å². The molecule has 0 aliphatic carbocycles. The van der Waals surface area contributed by atoms with Gasteiger partial charge in [0.15, 0.2) is 0 Å². The van der Waals surface area contributed by atoms with Crippen molar-refractivity contribution >= 4 is 141 Å². The second kappa shape index (κ2) is 57.9. The van der Waals surface area contributed by atoms with Crippen molar-refractivity contribution in [3.8, 4) is 0 Å². The van der Waals surface area contributed by atoms with E-state index in [4.69, 9.17) is 0 Å². The third-order valence-corrected chi connectivity index (χ3v) is 19.1. The highest BCUT2D eigenvalue weighted by Gasteiger charge is 2.07. The molecule has 20 aromatic rings. The molecule has 0 unspecified atom stereocenters. The highest BCUT2D eigenvalue weighted by Crippen LogP contribution is 2.32. The van der Waals surface area contributed by atoms with Crippen LogP contribution in [0.2, 0.25) is 0 Å². The number of aromatic amines is 2. The number of hydrogen-bond acceptors (Lipinski definition) is 0. The van der Waals surface area contributed by atoms with Gasteiger partial charge in [-0.25, -0.2) is 0 Å². The Morgan fingerprint density at radius 3 is 0.901 bits per heavy atom. The van der Waals surface area contributed by atoms with Crippen molar-refractivity contribution in [3.05, 3.63) is 385 Å². The first-order valence-corrected chi connectivity index (χ1v) is 45.4. The van der Waals surface area contributed by atoms with Crippen LogP contribution in [0.1, 0.15) is 191 Å². The number of benzene rings is 18. The Balaban J connectivity index is 0.000000351. The van der Waals surface area contributed by atoms with E-state index in [1.54, 1.807) is 0 Å². The van der Waals surface area contributed by atoms with Crippen LogP contribution in [0.4, 0.5) is 0 Å². The van der Waals surface area contributed by atoms with Crippen LogP contribution in [-0.4, -0.2) is 9.97 Å². The molecule has 0 saturated carbocycles. The smallest absolute Gasteiger partial charge is 0.0467 e. The molecule has 18 aromatic carbocycles. The van der Waals surface area contributed by atoms with Gasteiger partial charge in [-0.2, -0.15) is 0 Å². The fourth-order valence-electron chi connectivity index (χ4n) is 13.9. The summed E-state index contributed by atoms with van der Waals surface area (Å²) < 4.78 is 0. The number of rotatable bonds is 0. The van der Waals surface area contributed by atoms with Crippen molar-refractivity contribution < 1.29 is 0 Å². The third kappa shape index (κ3) is 28.5. The Morgan fingerprint density at radius 2 is 0.388 bits per heavy atom. The predicted octanol–water partition coefficient (Wildman–Crippen LogP) is 38.9. The summed E-state index contributed by atoms with van der Waals surface area (Å²) in [5, 5.41) is 29.3. The Bertz CT molecular complexity index is 6190. The van der Waals surface area contributed by atoms with Crippen LogP contribution in [0.25, 0.3) is 141 Å². The Morgan fingerprint density at radius 1 is 0.132 bits per heavy atom. The number of H-pyrrole nitrogens is 2. The van der Waals surface area contributed by atoms with Gasteiger partial charge < -0.3 is 9.97 Å². The van der Waals surface area contributed by atoms with Gasteiger partial charge in [-0.1, -0.05) is 466 Å². The molecule has 2 heterocycles. The van der Waals surface area contributed by atoms with Gasteiger partial charge in [0.1, 0.15) is 0 Å². The van der Waals surface area contributed by atoms with Crippen molar-refractivity contribution in [2.24, 2.45) is 0 Å². The molecule has 0 bridgehead atoms. The van der Waals surface area contributed by atoms with Crippen LogP contribution in [0.5, 0.6) is 0 Å². The summed E-state index contributed by atoms with van der Waals surface area (Å²) in [7, 11) is 0. The van der Waals surface area contributed by atoms with Crippen LogP contribution >= 0.6 is 0 Å². The number of aryl methyl sites for hydroxylation is 7. The summed E-state index contributed by atoms with van der Waals surface area (Å²) in [4.78, 5) is 6.82. The number of hydrogen-bond donors (Lipinski definition) is 2. The maximum atomic E-state index is 3.42. The van der Waals surface area contributed by atoms with E-state index < -0.39 is 0 Å². The topological polar surface area (TPSA) is 31.6 Å². The lowest BCUT2D eigenvalue weighted by Gasteiger charge is -2.06. The molecule has 0 spiro atoms. The van der Waals surface area contributed by atoms with Crippen LogP contribution < -0.4 is 0 Å². The molecule has 632 valence electrons. The van der Waals surface area contributed by atoms with Crippen molar-refractivity contribution in [2.45, 2.75) is 201 Å². The summed E-state index contributed by atoms with van der Waals surface area (Å²) in [5.74, 6) is 0. The predicted molar refractivity (Wildman–Crippen MR) is 559 cm³/mol. The lowest BCUT2D eigenvalue weighted by Crippen LogP contribution is -1.81. The van der Waals surface area contributed by atoms with Crippen molar-refractivity contribution in [3.63, 3.8) is 0 Å². The first kappa shape index (κ1) is 103. The molecular formula is C119H146N2. The molecule has 20 rings (SSSR count). The highest BCUT2D eigenvalue weighted by molar-refractivity contribution is 6.11. The van der Waals surface area contributed by atoms with Gasteiger partial charge in [0.05, 0.1) is 0 Å². The van der Waals surface area contributed by atoms with E-state index in [-0.39, 0.29) is 0 Å². The molecular weight excluding hydrogens is 1460 g/mol. The van der Waals surface area contributed by atoms with Crippen LogP contribution in [0.3, 0.4) is 0 Å². The van der Waals surface area contributed by atoms with E-state index in [0.29, 0.717) is 0 Å². The highest BCUT2D eigenvalue weighted by atomic mass is 14.7. The minimum absolute atomic E-state index is 1.22. The second-order valence-corrected chi connectivity index (χ2v) is 26.2. The van der Waals surface area contributed by atoms with Crippen LogP contribution in [-0.2, 0) is 0 Å². The molecule has 2 nitrogen and oxygen atoms in total. The molecule has 0 saturated heterocycles. The zero-order chi connectivity index (χ0) is 89.8. The van der Waals surface area contributed by atoms with Crippen LogP contribution in [0, 0.1) is 48.5 Å². The minimum Gasteiger partial charge on any atom is -0.355 e. The summed E-state index contributed by atoms with van der Waals surface area (Å²) in [5.41, 5.74) is 14.2. The number of aromatic nitrogens is 2. The van der Waals surface area contributed by atoms with Crippen molar-refractivity contribution in [1.29, 1.82) is 0 Å². The molecule has 2 heteroatoms. The standard InChI is InChI=1S/4C15H12.2C13H11N.C11H10.11C2H6/c1-11-14-8-4-2-6-12(14)10-13-7-3-5-9-15(11)13;1-11-5-4-8-15-13(11)10-9-12-6-2-3-7-14(12)15;1-11-6-9-15-13(10-11)8-7-12-4-2-3-5-14(12)15;1-11-6-7-14-9-12-4-2-3-5-13(12)10-15(14)8-11;1-9-6-7-13-11(8-9)10-4-2-3-5-12(10)14-13;1-9-6-7-11-10-4-2-3-5-12(10)14-13(11)8-9;1-9-5-4-7-10-6-2-3-8-11(9)10;11*1-2/h4*2-10H,1H3;2*2-8,14H,1H3;2-8H,1H3;11*1-2H3. The van der Waals surface area contributed by atoms with Gasteiger partial charge in [-0.3, -0.25) is 0 Å². The molecule has 2 N–H and O–H groups in total. The van der Waals surface area contributed by atoms with E-state index in [1.807, 2.05) is 152 Å². The van der Waals surface area contributed by atoms with E-state index in [9.17, 15) is 0 Å². The summed E-state index contributed by atoms with van der Waals surface area (Å²) >= 11 is 0. The number of nitrogens with one attached hydrogen (secondary N) is 2. The third-order valence-electron chi connectivity index (χ3n) is 19.1. The zero-order valence-corrected chi connectivity index (χ0v) is 79.4. The largest absolute Gasteiger partial charge is 0.355 e. The summed E-state index contributed by atoms with van der Waals surface area (Å²) in [6.45, 7) is 59.0. The fourth-order valence-corrected chi connectivity index (χ4v) is 13.9. The number of fused-ring (bicyclic) bond motifs is 17. The van der Waals surface area contributed by atoms with E-state index in [0.717, 1.165) is 0 Å². The first-order valence-electron chi connectivity index (χ1n) is 45.4. The fraction of sp³-hybridized carbons (Fsp3) is 0.244. The molecule has 2 aromatic heterocycles. The molecule has 121 heavy (non-hydrogen) atoms. The lowest BCUT2D eigenvalue weighted by atomic mass is 9.98. The normalized spacial score (nSPS) is 9.53. The van der Waals surface area contributed by atoms with Gasteiger partial charge in [0.2, 0.25) is 0 Å². The SMILES string of the molecule is CC.CC.CC.CC.CC.CC.CC.CC.CC.CC.CC.Cc1c2ccccc2cc2ccccc12.Cc1ccc2[nH]c3ccccc3c2c1.Cc1ccc2c(c1)[nH]c1ccccc12.Cc1ccc2c(ccc3ccccc32)c1.Cc1ccc2cc3ccccc3cc2c1.Cc1cccc2c1ccc1ccccc12.Cc1cccc2ccccc12. The summed E-state index contributed by atoms with van der Waals surface area (Å²) in [6.07, 6.45) is 0. The second-order valence-electron chi connectivity index (χ2n) is 26.2. The molecule has 0 aliphatic rings. The van der Waals surface area contributed by atoms with Crippen molar-refractivity contribution in [1.82, 2.24) is 9.97 Å². The Kier molecular flexibility index (Phi) is 49.4. The van der Waals surface area contributed by atoms with Gasteiger partial charge in [0, 0.05) is 43.6 Å². The molecule has 0 aliphatic heterocycles.